The number of anilines is 1. The van der Waals surface area contributed by atoms with E-state index in [-0.39, 0.29) is 5.91 Å². The van der Waals surface area contributed by atoms with Gasteiger partial charge in [-0.1, -0.05) is 65.0 Å². The average Bonchev–Trinajstić information content (AvgIpc) is 2.60. The fraction of sp³-hybridized carbons (Fsp3) is 0.650. The Morgan fingerprint density at radius 1 is 1.00 bits per heavy atom. The predicted octanol–water partition coefficient (Wildman–Crippen LogP) is 4.71. The Morgan fingerprint density at radius 3 is 2.38 bits per heavy atom. The van der Waals surface area contributed by atoms with Gasteiger partial charge in [0.1, 0.15) is 5.75 Å². The maximum Gasteiger partial charge on any atom is 0.238 e. The van der Waals surface area contributed by atoms with E-state index in [4.69, 9.17) is 4.74 Å². The van der Waals surface area contributed by atoms with Crippen molar-refractivity contribution >= 4 is 11.6 Å². The number of para-hydroxylation sites is 2. The van der Waals surface area contributed by atoms with E-state index in [0.717, 1.165) is 30.9 Å². The van der Waals surface area contributed by atoms with E-state index in [1.807, 2.05) is 24.3 Å². The Balaban J connectivity index is 2.40. The van der Waals surface area contributed by atoms with Crippen molar-refractivity contribution in [3.8, 4) is 5.75 Å². The van der Waals surface area contributed by atoms with Crippen LogP contribution in [-0.4, -0.2) is 37.0 Å². The van der Waals surface area contributed by atoms with Crippen LogP contribution in [0.15, 0.2) is 24.3 Å². The molecule has 24 heavy (non-hydrogen) atoms. The molecule has 0 aromatic heterocycles. The van der Waals surface area contributed by atoms with E-state index >= 15 is 0 Å². The average molecular weight is 335 g/mol. The topological polar surface area (TPSA) is 41.6 Å². The lowest BCUT2D eigenvalue weighted by Gasteiger charge is -2.18. The Kier molecular flexibility index (Phi) is 10.9. The Bertz CT molecular complexity index is 459. The summed E-state index contributed by atoms with van der Waals surface area (Å²) >= 11 is 0. The van der Waals surface area contributed by atoms with Gasteiger partial charge in [-0.05, 0) is 31.6 Å². The molecule has 136 valence electrons. The second-order valence-electron chi connectivity index (χ2n) is 6.12. The summed E-state index contributed by atoms with van der Waals surface area (Å²) in [5.41, 5.74) is 0.764. The van der Waals surface area contributed by atoms with Crippen molar-refractivity contribution in [3.05, 3.63) is 24.3 Å². The van der Waals surface area contributed by atoms with Gasteiger partial charge in [-0.3, -0.25) is 9.69 Å². The molecule has 0 saturated carbocycles. The third-order valence-electron chi connectivity index (χ3n) is 4.18. The van der Waals surface area contributed by atoms with E-state index in [1.165, 1.54) is 32.1 Å². The molecule has 0 aliphatic carbocycles. The SMILES string of the molecule is CCCCCCCCOc1ccccc1NC(=O)CN(CC)CC. The molecule has 4 nitrogen and oxygen atoms in total. The van der Waals surface area contributed by atoms with Crippen LogP contribution in [0.5, 0.6) is 5.75 Å². The minimum absolute atomic E-state index is 0.00863. The van der Waals surface area contributed by atoms with Crippen LogP contribution in [0.3, 0.4) is 0 Å². The number of carbonyl (C=O) groups is 1. The molecular formula is C20H34N2O2. The lowest BCUT2D eigenvalue weighted by atomic mass is 10.1. The smallest absolute Gasteiger partial charge is 0.238 e. The predicted molar refractivity (Wildman–Crippen MR) is 102 cm³/mol. The number of amides is 1. The quantitative estimate of drug-likeness (QED) is 0.531. The van der Waals surface area contributed by atoms with Gasteiger partial charge in [0.2, 0.25) is 5.91 Å². The van der Waals surface area contributed by atoms with E-state index in [9.17, 15) is 4.79 Å². The zero-order chi connectivity index (χ0) is 17.6. The van der Waals surface area contributed by atoms with Crippen LogP contribution < -0.4 is 10.1 Å². The second kappa shape index (κ2) is 12.8. The number of hydrogen-bond donors (Lipinski definition) is 1. The van der Waals surface area contributed by atoms with Crippen molar-refractivity contribution in [1.29, 1.82) is 0 Å². The number of carbonyl (C=O) groups excluding carboxylic acids is 1. The summed E-state index contributed by atoms with van der Waals surface area (Å²) in [4.78, 5) is 14.3. The molecule has 0 heterocycles. The first kappa shape index (κ1) is 20.5. The van der Waals surface area contributed by atoms with Crippen LogP contribution in [-0.2, 0) is 4.79 Å². The van der Waals surface area contributed by atoms with Gasteiger partial charge in [0, 0.05) is 0 Å². The van der Waals surface area contributed by atoms with Crippen LogP contribution in [0, 0.1) is 0 Å². The van der Waals surface area contributed by atoms with Crippen LogP contribution in [0.4, 0.5) is 5.69 Å². The molecule has 0 atom stereocenters. The normalized spacial score (nSPS) is 10.8. The lowest BCUT2D eigenvalue weighted by Crippen LogP contribution is -2.33. The molecule has 0 bridgehead atoms. The largest absolute Gasteiger partial charge is 0.491 e. The fourth-order valence-electron chi connectivity index (χ4n) is 2.60. The van der Waals surface area contributed by atoms with Gasteiger partial charge >= 0.3 is 0 Å². The molecule has 1 N–H and O–H groups in total. The molecule has 0 radical (unpaired) electrons. The van der Waals surface area contributed by atoms with Gasteiger partial charge in [-0.15, -0.1) is 0 Å². The third kappa shape index (κ3) is 8.34. The highest BCUT2D eigenvalue weighted by Gasteiger charge is 2.10. The van der Waals surface area contributed by atoms with E-state index in [1.54, 1.807) is 0 Å². The summed E-state index contributed by atoms with van der Waals surface area (Å²) in [5.74, 6) is 0.772. The Labute approximate surface area is 147 Å². The number of hydrogen-bond acceptors (Lipinski definition) is 3. The molecule has 4 heteroatoms. The monoisotopic (exact) mass is 334 g/mol. The van der Waals surface area contributed by atoms with E-state index in [0.29, 0.717) is 13.2 Å². The standard InChI is InChI=1S/C20H34N2O2/c1-4-7-8-9-10-13-16-24-19-15-12-11-14-18(19)21-20(23)17-22(5-2)6-3/h11-12,14-15H,4-10,13,16-17H2,1-3H3,(H,21,23). The number of unbranched alkanes of at least 4 members (excludes halogenated alkanes) is 5. The molecule has 1 amide bonds. The number of nitrogens with one attached hydrogen (secondary N) is 1. The van der Waals surface area contributed by atoms with Crippen molar-refractivity contribution in [3.63, 3.8) is 0 Å². The highest BCUT2D eigenvalue weighted by Crippen LogP contribution is 2.24. The molecule has 0 fully saturated rings. The first-order chi connectivity index (χ1) is 11.7. The Hall–Kier alpha value is -1.55. The summed E-state index contributed by atoms with van der Waals surface area (Å²) in [6.07, 6.45) is 7.45. The third-order valence-corrected chi connectivity index (χ3v) is 4.18. The van der Waals surface area contributed by atoms with Crippen LogP contribution in [0.1, 0.15) is 59.3 Å². The summed E-state index contributed by atoms with van der Waals surface area (Å²) in [6.45, 7) is 9.23. The van der Waals surface area contributed by atoms with E-state index < -0.39 is 0 Å². The van der Waals surface area contributed by atoms with Crippen molar-refractivity contribution in [2.75, 3.05) is 31.6 Å². The molecule has 0 unspecified atom stereocenters. The van der Waals surface area contributed by atoms with Crippen molar-refractivity contribution < 1.29 is 9.53 Å². The summed E-state index contributed by atoms with van der Waals surface area (Å²) < 4.78 is 5.87. The van der Waals surface area contributed by atoms with Gasteiger partial charge in [-0.2, -0.15) is 0 Å². The number of ether oxygens (including phenoxy) is 1. The number of benzene rings is 1. The van der Waals surface area contributed by atoms with Gasteiger partial charge in [-0.25, -0.2) is 0 Å². The zero-order valence-corrected chi connectivity index (χ0v) is 15.6. The first-order valence-electron chi connectivity index (χ1n) is 9.45. The number of rotatable bonds is 13. The molecule has 1 aromatic rings. The number of nitrogens with zero attached hydrogens (tertiary/aromatic N) is 1. The van der Waals surface area contributed by atoms with Gasteiger partial charge < -0.3 is 10.1 Å². The minimum atomic E-state index is 0.00863. The first-order valence-corrected chi connectivity index (χ1v) is 9.45. The molecule has 0 spiro atoms. The second-order valence-corrected chi connectivity index (χ2v) is 6.12. The molecular weight excluding hydrogens is 300 g/mol. The van der Waals surface area contributed by atoms with Crippen molar-refractivity contribution in [1.82, 2.24) is 4.90 Å². The molecule has 1 rings (SSSR count). The lowest BCUT2D eigenvalue weighted by molar-refractivity contribution is -0.117. The fourth-order valence-corrected chi connectivity index (χ4v) is 2.60. The summed E-state index contributed by atoms with van der Waals surface area (Å²) in [7, 11) is 0. The number of likely N-dealkylation sites (N-methyl/N-ethyl adjacent to an activating group) is 1. The summed E-state index contributed by atoms with van der Waals surface area (Å²) in [6, 6.07) is 7.68. The Morgan fingerprint density at radius 2 is 1.67 bits per heavy atom. The van der Waals surface area contributed by atoms with Crippen molar-refractivity contribution in [2.45, 2.75) is 59.3 Å². The van der Waals surface area contributed by atoms with Crippen LogP contribution in [0.2, 0.25) is 0 Å². The van der Waals surface area contributed by atoms with E-state index in [2.05, 4.69) is 31.0 Å². The zero-order valence-electron chi connectivity index (χ0n) is 15.6. The maximum absolute atomic E-state index is 12.2. The van der Waals surface area contributed by atoms with Gasteiger partial charge in [0.15, 0.2) is 0 Å². The highest BCUT2D eigenvalue weighted by molar-refractivity contribution is 5.93. The molecule has 0 aliphatic rings. The molecule has 0 aliphatic heterocycles. The van der Waals surface area contributed by atoms with Gasteiger partial charge in [0.25, 0.3) is 0 Å². The minimum Gasteiger partial charge on any atom is -0.491 e. The highest BCUT2D eigenvalue weighted by atomic mass is 16.5. The molecule has 0 saturated heterocycles. The van der Waals surface area contributed by atoms with Gasteiger partial charge in [0.05, 0.1) is 18.8 Å². The summed E-state index contributed by atoms with van der Waals surface area (Å²) in [5, 5.41) is 2.97. The van der Waals surface area contributed by atoms with Crippen molar-refractivity contribution in [2.24, 2.45) is 0 Å². The van der Waals surface area contributed by atoms with Crippen LogP contribution >= 0.6 is 0 Å². The maximum atomic E-state index is 12.2. The molecule has 1 aromatic carbocycles. The van der Waals surface area contributed by atoms with Crippen LogP contribution in [0.25, 0.3) is 0 Å².